The van der Waals surface area contributed by atoms with Gasteiger partial charge in [0, 0.05) is 30.9 Å². The van der Waals surface area contributed by atoms with Crippen LogP contribution < -0.4 is 9.62 Å². The number of sulfonamides is 1. The Balaban J connectivity index is 2.12. The lowest BCUT2D eigenvalue weighted by Gasteiger charge is -2.33. The van der Waals surface area contributed by atoms with Crippen LogP contribution in [0.2, 0.25) is 0 Å². The van der Waals surface area contributed by atoms with Crippen molar-refractivity contribution in [2.75, 3.05) is 24.2 Å². The summed E-state index contributed by atoms with van der Waals surface area (Å²) >= 11 is 0. The Labute approximate surface area is 114 Å². The number of hydrogen-bond donors (Lipinski definition) is 1. The first kappa shape index (κ1) is 14.2. The lowest BCUT2D eigenvalue weighted by atomic mass is 10.1. The highest BCUT2D eigenvalue weighted by molar-refractivity contribution is 7.88. The zero-order valence-corrected chi connectivity index (χ0v) is 12.4. The molecule has 6 nitrogen and oxygen atoms in total. The summed E-state index contributed by atoms with van der Waals surface area (Å²) in [4.78, 5) is 10.8. The molecule has 1 aromatic heterocycles. The molecule has 19 heavy (non-hydrogen) atoms. The standard InChI is InChI=1S/C12H20N4O2S/c1-9-7-12(14-10(2)13-9)16-6-4-5-11(8-16)15-19(3,17)18/h7,11,15H,4-6,8H2,1-3H3/t11-/m0/s1. The normalized spacial score (nSPS) is 20.6. The van der Waals surface area contributed by atoms with Crippen LogP contribution >= 0.6 is 0 Å². The largest absolute Gasteiger partial charge is 0.355 e. The van der Waals surface area contributed by atoms with Crippen molar-refractivity contribution in [2.45, 2.75) is 32.7 Å². The second kappa shape index (κ2) is 5.42. The fourth-order valence-corrected chi connectivity index (χ4v) is 3.24. The number of aryl methyl sites for hydroxylation is 2. The summed E-state index contributed by atoms with van der Waals surface area (Å²) < 4.78 is 25.3. The van der Waals surface area contributed by atoms with Gasteiger partial charge in [0.25, 0.3) is 0 Å². The van der Waals surface area contributed by atoms with Crippen molar-refractivity contribution in [3.8, 4) is 0 Å². The van der Waals surface area contributed by atoms with Gasteiger partial charge in [0.05, 0.1) is 6.26 Å². The Morgan fingerprint density at radius 1 is 1.37 bits per heavy atom. The first-order chi connectivity index (χ1) is 8.83. The molecule has 106 valence electrons. The van der Waals surface area contributed by atoms with Crippen molar-refractivity contribution in [2.24, 2.45) is 0 Å². The van der Waals surface area contributed by atoms with Crippen LogP contribution in [0, 0.1) is 13.8 Å². The van der Waals surface area contributed by atoms with E-state index in [0.717, 1.165) is 36.7 Å². The van der Waals surface area contributed by atoms with Gasteiger partial charge in [-0.25, -0.2) is 23.1 Å². The molecule has 1 N–H and O–H groups in total. The lowest BCUT2D eigenvalue weighted by molar-refractivity contribution is 0.465. The Bertz CT molecular complexity index is 539. The van der Waals surface area contributed by atoms with Crippen LogP contribution in [0.4, 0.5) is 5.82 Å². The summed E-state index contributed by atoms with van der Waals surface area (Å²) in [6, 6.07) is 1.90. The second-order valence-corrected chi connectivity index (χ2v) is 6.87. The number of piperidine rings is 1. The summed E-state index contributed by atoms with van der Waals surface area (Å²) in [5.74, 6) is 1.62. The molecule has 0 bridgehead atoms. The molecule has 1 aromatic rings. The molecule has 1 aliphatic heterocycles. The van der Waals surface area contributed by atoms with E-state index in [9.17, 15) is 8.42 Å². The van der Waals surface area contributed by atoms with E-state index in [4.69, 9.17) is 0 Å². The number of hydrogen-bond acceptors (Lipinski definition) is 5. The zero-order chi connectivity index (χ0) is 14.0. The zero-order valence-electron chi connectivity index (χ0n) is 11.5. The van der Waals surface area contributed by atoms with Gasteiger partial charge in [0.15, 0.2) is 0 Å². The molecular formula is C12H20N4O2S. The molecule has 2 rings (SSSR count). The highest BCUT2D eigenvalue weighted by Gasteiger charge is 2.23. The summed E-state index contributed by atoms with van der Waals surface area (Å²) in [6.07, 6.45) is 3.02. The summed E-state index contributed by atoms with van der Waals surface area (Å²) in [5.41, 5.74) is 0.931. The van der Waals surface area contributed by atoms with Crippen molar-refractivity contribution in [1.29, 1.82) is 0 Å². The van der Waals surface area contributed by atoms with E-state index in [-0.39, 0.29) is 6.04 Å². The molecular weight excluding hydrogens is 264 g/mol. The number of rotatable bonds is 3. The van der Waals surface area contributed by atoms with Gasteiger partial charge in [-0.1, -0.05) is 0 Å². The first-order valence-electron chi connectivity index (χ1n) is 6.38. The maximum absolute atomic E-state index is 11.3. The van der Waals surface area contributed by atoms with Crippen molar-refractivity contribution < 1.29 is 8.42 Å². The molecule has 0 unspecified atom stereocenters. The third kappa shape index (κ3) is 4.14. The number of nitrogens with zero attached hydrogens (tertiary/aromatic N) is 3. The average Bonchev–Trinajstić information content (AvgIpc) is 2.25. The van der Waals surface area contributed by atoms with Gasteiger partial charge in [-0.3, -0.25) is 0 Å². The number of aromatic nitrogens is 2. The Morgan fingerprint density at radius 2 is 2.11 bits per heavy atom. The molecule has 0 spiro atoms. The fourth-order valence-electron chi connectivity index (χ4n) is 2.44. The Morgan fingerprint density at radius 3 is 2.74 bits per heavy atom. The predicted octanol–water partition coefficient (Wildman–Crippen LogP) is 0.611. The van der Waals surface area contributed by atoms with E-state index in [0.29, 0.717) is 6.54 Å². The minimum atomic E-state index is -3.16. The second-order valence-electron chi connectivity index (χ2n) is 5.09. The number of nitrogens with one attached hydrogen (secondary N) is 1. The van der Waals surface area contributed by atoms with E-state index >= 15 is 0 Å². The first-order valence-corrected chi connectivity index (χ1v) is 8.27. The molecule has 1 aliphatic rings. The molecule has 0 amide bonds. The maximum Gasteiger partial charge on any atom is 0.209 e. The van der Waals surface area contributed by atoms with E-state index < -0.39 is 10.0 Å². The maximum atomic E-state index is 11.3. The van der Waals surface area contributed by atoms with Gasteiger partial charge in [0.1, 0.15) is 11.6 Å². The molecule has 0 radical (unpaired) electrons. The Hall–Kier alpha value is -1.21. The number of anilines is 1. The lowest BCUT2D eigenvalue weighted by Crippen LogP contribution is -2.47. The predicted molar refractivity (Wildman–Crippen MR) is 74.7 cm³/mol. The summed E-state index contributed by atoms with van der Waals surface area (Å²) in [6.45, 7) is 5.36. The van der Waals surface area contributed by atoms with Crippen molar-refractivity contribution >= 4 is 15.8 Å². The molecule has 0 aliphatic carbocycles. The van der Waals surface area contributed by atoms with Gasteiger partial charge < -0.3 is 4.90 Å². The molecule has 0 saturated carbocycles. The third-order valence-corrected chi connectivity index (χ3v) is 3.84. The van der Waals surface area contributed by atoms with Gasteiger partial charge in [-0.2, -0.15) is 0 Å². The molecule has 0 aromatic carbocycles. The van der Waals surface area contributed by atoms with E-state index in [1.165, 1.54) is 6.26 Å². The van der Waals surface area contributed by atoms with Crippen molar-refractivity contribution in [1.82, 2.24) is 14.7 Å². The van der Waals surface area contributed by atoms with Crippen LogP contribution in [-0.4, -0.2) is 43.8 Å². The van der Waals surface area contributed by atoms with Gasteiger partial charge >= 0.3 is 0 Å². The average molecular weight is 284 g/mol. The van der Waals surface area contributed by atoms with Crippen LogP contribution in [0.5, 0.6) is 0 Å². The highest BCUT2D eigenvalue weighted by atomic mass is 32.2. The monoisotopic (exact) mass is 284 g/mol. The summed E-state index contributed by atoms with van der Waals surface area (Å²) in [7, 11) is -3.16. The molecule has 7 heteroatoms. The minimum absolute atomic E-state index is 0.0423. The van der Waals surface area contributed by atoms with Crippen LogP contribution in [0.3, 0.4) is 0 Å². The molecule has 1 fully saturated rings. The van der Waals surface area contributed by atoms with Crippen LogP contribution in [0.1, 0.15) is 24.4 Å². The van der Waals surface area contributed by atoms with Gasteiger partial charge in [0.2, 0.25) is 10.0 Å². The highest BCUT2D eigenvalue weighted by Crippen LogP contribution is 2.19. The molecule has 1 atom stereocenters. The van der Waals surface area contributed by atoms with E-state index in [1.807, 2.05) is 19.9 Å². The Kier molecular flexibility index (Phi) is 4.05. The minimum Gasteiger partial charge on any atom is -0.355 e. The van der Waals surface area contributed by atoms with Gasteiger partial charge in [-0.05, 0) is 26.7 Å². The van der Waals surface area contributed by atoms with E-state index in [1.54, 1.807) is 0 Å². The van der Waals surface area contributed by atoms with Crippen LogP contribution in [0.15, 0.2) is 6.07 Å². The fraction of sp³-hybridized carbons (Fsp3) is 0.667. The smallest absolute Gasteiger partial charge is 0.209 e. The summed E-state index contributed by atoms with van der Waals surface area (Å²) in [5, 5.41) is 0. The van der Waals surface area contributed by atoms with Gasteiger partial charge in [-0.15, -0.1) is 0 Å². The van der Waals surface area contributed by atoms with E-state index in [2.05, 4.69) is 19.6 Å². The third-order valence-electron chi connectivity index (χ3n) is 3.08. The quantitative estimate of drug-likeness (QED) is 0.880. The molecule has 2 heterocycles. The topological polar surface area (TPSA) is 75.2 Å². The molecule has 1 saturated heterocycles. The SMILES string of the molecule is Cc1cc(N2CCC[C@H](NS(C)(=O)=O)C2)nc(C)n1. The van der Waals surface area contributed by atoms with Crippen molar-refractivity contribution in [3.63, 3.8) is 0 Å². The van der Waals surface area contributed by atoms with Crippen LogP contribution in [-0.2, 0) is 10.0 Å². The van der Waals surface area contributed by atoms with Crippen LogP contribution in [0.25, 0.3) is 0 Å². The van der Waals surface area contributed by atoms with Crippen molar-refractivity contribution in [3.05, 3.63) is 17.6 Å².